The Bertz CT molecular complexity index is 522. The summed E-state index contributed by atoms with van der Waals surface area (Å²) < 4.78 is 18.2. The van der Waals surface area contributed by atoms with Gasteiger partial charge in [0.15, 0.2) is 11.6 Å². The van der Waals surface area contributed by atoms with Crippen LogP contribution in [0.25, 0.3) is 0 Å². The van der Waals surface area contributed by atoms with E-state index in [4.69, 9.17) is 4.74 Å². The molecule has 1 N–H and O–H groups in total. The SMILES string of the molecule is COc1cc(C(O)c2ccsc2C)ccc1F. The van der Waals surface area contributed by atoms with Crippen LogP contribution in [0.3, 0.4) is 0 Å². The van der Waals surface area contributed by atoms with Crippen LogP contribution in [0.15, 0.2) is 29.6 Å². The number of aryl methyl sites for hydroxylation is 1. The van der Waals surface area contributed by atoms with Crippen LogP contribution in [0.2, 0.25) is 0 Å². The standard InChI is InChI=1S/C13H13FO2S/c1-8-10(5-6-17-8)13(15)9-3-4-11(14)12(7-9)16-2/h3-7,13,15H,1-2H3. The van der Waals surface area contributed by atoms with Crippen LogP contribution in [0.1, 0.15) is 22.1 Å². The molecule has 1 unspecified atom stereocenters. The molecule has 90 valence electrons. The summed E-state index contributed by atoms with van der Waals surface area (Å²) in [5.74, 6) is -0.278. The maximum Gasteiger partial charge on any atom is 0.165 e. The van der Waals surface area contributed by atoms with Crippen molar-refractivity contribution < 1.29 is 14.2 Å². The van der Waals surface area contributed by atoms with Gasteiger partial charge in [-0.3, -0.25) is 0 Å². The van der Waals surface area contributed by atoms with Gasteiger partial charge in [-0.2, -0.15) is 0 Å². The van der Waals surface area contributed by atoms with E-state index < -0.39 is 11.9 Å². The summed E-state index contributed by atoms with van der Waals surface area (Å²) in [6, 6.07) is 6.27. The van der Waals surface area contributed by atoms with E-state index in [2.05, 4.69) is 0 Å². The number of aliphatic hydroxyl groups excluding tert-OH is 1. The Labute approximate surface area is 103 Å². The fourth-order valence-electron chi connectivity index (χ4n) is 1.70. The quantitative estimate of drug-likeness (QED) is 0.908. The van der Waals surface area contributed by atoms with Crippen molar-refractivity contribution in [2.24, 2.45) is 0 Å². The molecule has 0 radical (unpaired) electrons. The molecule has 0 amide bonds. The molecular formula is C13H13FO2S. The van der Waals surface area contributed by atoms with Gasteiger partial charge in [-0.15, -0.1) is 11.3 Å². The molecular weight excluding hydrogens is 239 g/mol. The lowest BCUT2D eigenvalue weighted by Crippen LogP contribution is -2.01. The van der Waals surface area contributed by atoms with Crippen molar-refractivity contribution in [3.8, 4) is 5.75 Å². The highest BCUT2D eigenvalue weighted by atomic mass is 32.1. The molecule has 1 aromatic heterocycles. The van der Waals surface area contributed by atoms with Crippen molar-refractivity contribution in [2.45, 2.75) is 13.0 Å². The highest BCUT2D eigenvalue weighted by Crippen LogP contribution is 2.30. The number of ether oxygens (including phenoxy) is 1. The van der Waals surface area contributed by atoms with Gasteiger partial charge in [0.1, 0.15) is 6.10 Å². The smallest absolute Gasteiger partial charge is 0.165 e. The minimum atomic E-state index is -0.740. The van der Waals surface area contributed by atoms with Crippen molar-refractivity contribution in [2.75, 3.05) is 7.11 Å². The van der Waals surface area contributed by atoms with Crippen LogP contribution in [0, 0.1) is 12.7 Å². The number of halogens is 1. The Hall–Kier alpha value is -1.39. The zero-order chi connectivity index (χ0) is 12.4. The van der Waals surface area contributed by atoms with Crippen molar-refractivity contribution in [3.05, 3.63) is 51.5 Å². The molecule has 2 aromatic rings. The molecule has 0 saturated heterocycles. The Morgan fingerprint density at radius 1 is 1.35 bits per heavy atom. The van der Waals surface area contributed by atoms with E-state index in [1.54, 1.807) is 17.4 Å². The van der Waals surface area contributed by atoms with E-state index >= 15 is 0 Å². The maximum absolute atomic E-state index is 13.3. The van der Waals surface area contributed by atoms with Gasteiger partial charge in [0.05, 0.1) is 7.11 Å². The summed E-state index contributed by atoms with van der Waals surface area (Å²) in [5, 5.41) is 12.1. The van der Waals surface area contributed by atoms with Gasteiger partial charge in [-0.25, -0.2) is 4.39 Å². The molecule has 1 heterocycles. The van der Waals surface area contributed by atoms with Gasteiger partial charge in [0.2, 0.25) is 0 Å². The highest BCUT2D eigenvalue weighted by Gasteiger charge is 2.15. The predicted octanol–water partition coefficient (Wildman–Crippen LogP) is 3.29. The zero-order valence-electron chi connectivity index (χ0n) is 9.61. The number of aliphatic hydroxyl groups is 1. The number of hydrogen-bond donors (Lipinski definition) is 1. The fraction of sp³-hybridized carbons (Fsp3) is 0.231. The summed E-state index contributed by atoms with van der Waals surface area (Å²) in [5.41, 5.74) is 1.48. The van der Waals surface area contributed by atoms with Gasteiger partial charge in [-0.05, 0) is 41.6 Å². The first-order valence-electron chi connectivity index (χ1n) is 5.19. The summed E-state index contributed by atoms with van der Waals surface area (Å²) in [6.45, 7) is 1.95. The first-order chi connectivity index (χ1) is 8.13. The number of hydrogen-bond acceptors (Lipinski definition) is 3. The van der Waals surface area contributed by atoms with Crippen molar-refractivity contribution in [1.29, 1.82) is 0 Å². The molecule has 0 spiro atoms. The third kappa shape index (κ3) is 2.33. The average molecular weight is 252 g/mol. The Morgan fingerprint density at radius 3 is 2.71 bits per heavy atom. The largest absolute Gasteiger partial charge is 0.494 e. The normalized spacial score (nSPS) is 12.5. The summed E-state index contributed by atoms with van der Waals surface area (Å²) >= 11 is 1.58. The van der Waals surface area contributed by atoms with E-state index in [9.17, 15) is 9.50 Å². The first-order valence-corrected chi connectivity index (χ1v) is 6.07. The van der Waals surface area contributed by atoms with Crippen molar-refractivity contribution >= 4 is 11.3 Å². The topological polar surface area (TPSA) is 29.5 Å². The van der Waals surface area contributed by atoms with E-state index in [0.717, 1.165) is 10.4 Å². The molecule has 2 nitrogen and oxygen atoms in total. The Kier molecular flexibility index (Phi) is 3.45. The van der Waals surface area contributed by atoms with Crippen LogP contribution < -0.4 is 4.74 Å². The number of benzene rings is 1. The van der Waals surface area contributed by atoms with Crippen LogP contribution >= 0.6 is 11.3 Å². The predicted molar refractivity (Wildman–Crippen MR) is 66.1 cm³/mol. The number of rotatable bonds is 3. The van der Waals surface area contributed by atoms with Gasteiger partial charge >= 0.3 is 0 Å². The monoisotopic (exact) mass is 252 g/mol. The molecule has 0 fully saturated rings. The lowest BCUT2D eigenvalue weighted by Gasteiger charge is -2.12. The van der Waals surface area contributed by atoms with E-state index in [1.807, 2.05) is 18.4 Å². The molecule has 2 rings (SSSR count). The maximum atomic E-state index is 13.3. The van der Waals surface area contributed by atoms with Crippen LogP contribution in [-0.4, -0.2) is 12.2 Å². The third-order valence-electron chi connectivity index (χ3n) is 2.68. The van der Waals surface area contributed by atoms with Gasteiger partial charge < -0.3 is 9.84 Å². The molecule has 0 saturated carbocycles. The molecule has 1 atom stereocenters. The van der Waals surface area contributed by atoms with Gasteiger partial charge in [-0.1, -0.05) is 6.07 Å². The van der Waals surface area contributed by atoms with E-state index in [-0.39, 0.29) is 5.75 Å². The van der Waals surface area contributed by atoms with Crippen molar-refractivity contribution in [1.82, 2.24) is 0 Å². The van der Waals surface area contributed by atoms with E-state index in [1.165, 1.54) is 19.2 Å². The highest BCUT2D eigenvalue weighted by molar-refractivity contribution is 7.10. The molecule has 0 aliphatic rings. The second kappa shape index (κ2) is 4.85. The second-order valence-corrected chi connectivity index (χ2v) is 4.85. The second-order valence-electron chi connectivity index (χ2n) is 3.73. The summed E-state index contributed by atoms with van der Waals surface area (Å²) in [6.07, 6.45) is -0.740. The molecule has 0 aliphatic heterocycles. The lowest BCUT2D eigenvalue weighted by molar-refractivity contribution is 0.219. The van der Waals surface area contributed by atoms with Crippen molar-refractivity contribution in [3.63, 3.8) is 0 Å². The number of methoxy groups -OCH3 is 1. The molecule has 0 bridgehead atoms. The fourth-order valence-corrected chi connectivity index (χ4v) is 2.44. The Balaban J connectivity index is 2.38. The first kappa shape index (κ1) is 12.1. The molecule has 17 heavy (non-hydrogen) atoms. The summed E-state index contributed by atoms with van der Waals surface area (Å²) in [4.78, 5) is 1.06. The Morgan fingerprint density at radius 2 is 2.12 bits per heavy atom. The third-order valence-corrected chi connectivity index (χ3v) is 3.55. The molecule has 0 aliphatic carbocycles. The minimum absolute atomic E-state index is 0.148. The van der Waals surface area contributed by atoms with Crippen LogP contribution in [-0.2, 0) is 0 Å². The van der Waals surface area contributed by atoms with E-state index in [0.29, 0.717) is 5.56 Å². The molecule has 4 heteroatoms. The molecule has 1 aromatic carbocycles. The lowest BCUT2D eigenvalue weighted by atomic mass is 10.0. The minimum Gasteiger partial charge on any atom is -0.494 e. The van der Waals surface area contributed by atoms with Gasteiger partial charge in [0.25, 0.3) is 0 Å². The van der Waals surface area contributed by atoms with Gasteiger partial charge in [0, 0.05) is 4.88 Å². The number of thiophene rings is 1. The average Bonchev–Trinajstić information content (AvgIpc) is 2.75. The van der Waals surface area contributed by atoms with Crippen LogP contribution in [0.4, 0.5) is 4.39 Å². The van der Waals surface area contributed by atoms with Crippen LogP contribution in [0.5, 0.6) is 5.75 Å². The summed E-state index contributed by atoms with van der Waals surface area (Å²) in [7, 11) is 1.41. The zero-order valence-corrected chi connectivity index (χ0v) is 10.4.